The maximum atomic E-state index is 12.2. The summed E-state index contributed by atoms with van der Waals surface area (Å²) in [6.07, 6.45) is -0.856. The number of alkyl halides is 2. The first-order valence-corrected chi connectivity index (χ1v) is 7.41. The maximum Gasteiger partial charge on any atom is 0.387 e. The zero-order valence-corrected chi connectivity index (χ0v) is 13.5. The third-order valence-electron chi connectivity index (χ3n) is 3.88. The third-order valence-corrected chi connectivity index (χ3v) is 3.88. The van der Waals surface area contributed by atoms with E-state index in [2.05, 4.69) is 16.1 Å². The van der Waals surface area contributed by atoms with Crippen LogP contribution in [0.4, 0.5) is 8.78 Å². The van der Waals surface area contributed by atoms with Crippen LogP contribution >= 0.6 is 0 Å². The van der Waals surface area contributed by atoms with Crippen LogP contribution in [0.5, 0.6) is 5.75 Å². The van der Waals surface area contributed by atoms with Gasteiger partial charge in [0, 0.05) is 25.8 Å². The molecular formula is C17H19F2N3O2. The quantitative estimate of drug-likeness (QED) is 0.816. The van der Waals surface area contributed by atoms with Gasteiger partial charge in [0.25, 0.3) is 0 Å². The van der Waals surface area contributed by atoms with Gasteiger partial charge in [-0.05, 0) is 36.2 Å². The molecule has 128 valence electrons. The molecule has 0 aliphatic carbocycles. The number of hydrogen-bond acceptors (Lipinski definition) is 4. The minimum atomic E-state index is -2.90. The Balaban J connectivity index is 1.94. The molecular weight excluding hydrogens is 316 g/mol. The number of hydrogen-bond donors (Lipinski definition) is 2. The predicted molar refractivity (Wildman–Crippen MR) is 84.6 cm³/mol. The van der Waals surface area contributed by atoms with E-state index in [1.807, 2.05) is 14.0 Å². The van der Waals surface area contributed by atoms with Crippen molar-refractivity contribution in [3.8, 4) is 11.8 Å². The summed E-state index contributed by atoms with van der Waals surface area (Å²) in [5.74, 6) is 0.0131. The number of benzene rings is 1. The van der Waals surface area contributed by atoms with Crippen molar-refractivity contribution in [2.24, 2.45) is 7.05 Å². The topological polar surface area (TPSA) is 70.2 Å². The summed E-state index contributed by atoms with van der Waals surface area (Å²) in [4.78, 5) is 0. The van der Waals surface area contributed by atoms with Gasteiger partial charge in [0.15, 0.2) is 0 Å². The Morgan fingerprint density at radius 3 is 2.75 bits per heavy atom. The average molecular weight is 335 g/mol. The minimum absolute atomic E-state index is 0.0131. The Morgan fingerprint density at radius 2 is 2.12 bits per heavy atom. The molecule has 0 spiro atoms. The lowest BCUT2D eigenvalue weighted by molar-refractivity contribution is -0.0499. The molecule has 1 atom stereocenters. The summed E-state index contributed by atoms with van der Waals surface area (Å²) in [6.45, 7) is -0.245. The van der Waals surface area contributed by atoms with Gasteiger partial charge in [0.05, 0.1) is 6.10 Å². The highest BCUT2D eigenvalue weighted by molar-refractivity contribution is 5.34. The normalized spacial score (nSPS) is 12.2. The van der Waals surface area contributed by atoms with Gasteiger partial charge in [-0.2, -0.15) is 14.0 Å². The Bertz CT molecular complexity index is 738. The molecule has 0 aliphatic rings. The smallest absolute Gasteiger partial charge is 0.387 e. The highest BCUT2D eigenvalue weighted by Gasteiger charge is 2.12. The summed E-state index contributed by atoms with van der Waals surface area (Å²) in [6, 6.07) is 9.91. The van der Waals surface area contributed by atoms with Gasteiger partial charge in [0.2, 0.25) is 0 Å². The molecule has 0 saturated heterocycles. The zero-order valence-electron chi connectivity index (χ0n) is 13.5. The van der Waals surface area contributed by atoms with Crippen LogP contribution in [0.25, 0.3) is 0 Å². The SMILES string of the molecule is Cc1c(CNCC(O)c2cccc(OC(F)F)c2)cc(C#N)n1C. The number of ether oxygens (including phenoxy) is 1. The van der Waals surface area contributed by atoms with Gasteiger partial charge in [-0.1, -0.05) is 12.1 Å². The molecule has 24 heavy (non-hydrogen) atoms. The molecule has 5 nitrogen and oxygen atoms in total. The van der Waals surface area contributed by atoms with E-state index in [9.17, 15) is 13.9 Å². The number of aliphatic hydroxyl groups is 1. The fourth-order valence-corrected chi connectivity index (χ4v) is 2.41. The van der Waals surface area contributed by atoms with E-state index in [1.165, 1.54) is 12.1 Å². The van der Waals surface area contributed by atoms with Crippen LogP contribution in [0, 0.1) is 18.3 Å². The van der Waals surface area contributed by atoms with E-state index in [0.717, 1.165) is 11.3 Å². The molecule has 2 N–H and O–H groups in total. The molecule has 0 fully saturated rings. The summed E-state index contributed by atoms with van der Waals surface area (Å²) in [5, 5.41) is 22.3. The van der Waals surface area contributed by atoms with E-state index in [4.69, 9.17) is 5.26 Å². The fourth-order valence-electron chi connectivity index (χ4n) is 2.41. The van der Waals surface area contributed by atoms with E-state index in [-0.39, 0.29) is 12.3 Å². The zero-order chi connectivity index (χ0) is 17.7. The molecule has 0 amide bonds. The largest absolute Gasteiger partial charge is 0.435 e. The monoisotopic (exact) mass is 335 g/mol. The van der Waals surface area contributed by atoms with Crippen molar-refractivity contribution in [1.82, 2.24) is 9.88 Å². The Morgan fingerprint density at radius 1 is 1.38 bits per heavy atom. The lowest BCUT2D eigenvalue weighted by atomic mass is 10.1. The van der Waals surface area contributed by atoms with Gasteiger partial charge in [-0.25, -0.2) is 0 Å². The molecule has 1 aromatic heterocycles. The number of nitriles is 1. The van der Waals surface area contributed by atoms with Gasteiger partial charge >= 0.3 is 6.61 Å². The maximum absolute atomic E-state index is 12.2. The highest BCUT2D eigenvalue weighted by atomic mass is 19.3. The predicted octanol–water partition coefficient (Wildman–Crippen LogP) is 2.63. The molecule has 7 heteroatoms. The highest BCUT2D eigenvalue weighted by Crippen LogP contribution is 2.21. The number of halogens is 2. The summed E-state index contributed by atoms with van der Waals surface area (Å²) >= 11 is 0. The van der Waals surface area contributed by atoms with E-state index in [1.54, 1.807) is 22.8 Å². The standard InChI is InChI=1S/C17H19F2N3O2/c1-11-13(6-14(8-20)22(11)2)9-21-10-16(23)12-4-3-5-15(7-12)24-17(18)19/h3-7,16-17,21,23H,9-10H2,1-2H3. The molecule has 1 heterocycles. The number of nitrogens with one attached hydrogen (secondary N) is 1. The molecule has 1 aromatic carbocycles. The molecule has 1 unspecified atom stereocenters. The average Bonchev–Trinajstić information content (AvgIpc) is 2.82. The first kappa shape index (κ1) is 17.9. The second-order valence-electron chi connectivity index (χ2n) is 5.41. The summed E-state index contributed by atoms with van der Waals surface area (Å²) in [5.41, 5.74) is 3.00. The van der Waals surface area contributed by atoms with Crippen LogP contribution in [0.1, 0.15) is 28.6 Å². The second kappa shape index (κ2) is 7.90. The van der Waals surface area contributed by atoms with Gasteiger partial charge < -0.3 is 19.7 Å². The van der Waals surface area contributed by atoms with Crippen molar-refractivity contribution in [2.75, 3.05) is 6.54 Å². The van der Waals surface area contributed by atoms with Crippen molar-refractivity contribution in [3.05, 3.63) is 52.8 Å². The van der Waals surface area contributed by atoms with Gasteiger partial charge in [0.1, 0.15) is 17.5 Å². The van der Waals surface area contributed by atoms with Crippen molar-refractivity contribution < 1.29 is 18.6 Å². The molecule has 0 bridgehead atoms. The fraction of sp³-hybridized carbons (Fsp3) is 0.353. The third kappa shape index (κ3) is 4.31. The van der Waals surface area contributed by atoms with Crippen molar-refractivity contribution >= 4 is 0 Å². The summed E-state index contributed by atoms with van der Waals surface area (Å²) < 4.78 is 30.6. The van der Waals surface area contributed by atoms with E-state index >= 15 is 0 Å². The van der Waals surface area contributed by atoms with Crippen molar-refractivity contribution in [1.29, 1.82) is 5.26 Å². The lowest BCUT2D eigenvalue weighted by Gasteiger charge is -2.14. The number of aromatic nitrogens is 1. The summed E-state index contributed by atoms with van der Waals surface area (Å²) in [7, 11) is 1.82. The molecule has 2 rings (SSSR count). The lowest BCUT2D eigenvalue weighted by Crippen LogP contribution is -2.21. The Labute approximate surface area is 139 Å². The molecule has 0 saturated carbocycles. The number of rotatable bonds is 7. The molecule has 2 aromatic rings. The molecule has 0 aliphatic heterocycles. The van der Waals surface area contributed by atoms with Gasteiger partial charge in [-0.15, -0.1) is 0 Å². The van der Waals surface area contributed by atoms with E-state index < -0.39 is 12.7 Å². The van der Waals surface area contributed by atoms with Crippen LogP contribution in [-0.2, 0) is 13.6 Å². The molecule has 0 radical (unpaired) electrons. The van der Waals surface area contributed by atoms with Crippen LogP contribution in [-0.4, -0.2) is 22.8 Å². The van der Waals surface area contributed by atoms with Crippen LogP contribution < -0.4 is 10.1 Å². The second-order valence-corrected chi connectivity index (χ2v) is 5.41. The van der Waals surface area contributed by atoms with Crippen LogP contribution in [0.15, 0.2) is 30.3 Å². The van der Waals surface area contributed by atoms with Crippen molar-refractivity contribution in [3.63, 3.8) is 0 Å². The number of nitrogens with zero attached hydrogens (tertiary/aromatic N) is 2. The first-order valence-electron chi connectivity index (χ1n) is 7.41. The number of aliphatic hydroxyl groups excluding tert-OH is 1. The van der Waals surface area contributed by atoms with E-state index in [0.29, 0.717) is 17.8 Å². The van der Waals surface area contributed by atoms with Crippen molar-refractivity contribution in [2.45, 2.75) is 26.2 Å². The van der Waals surface area contributed by atoms with Gasteiger partial charge in [-0.3, -0.25) is 0 Å². The minimum Gasteiger partial charge on any atom is -0.435 e. The Hall–Kier alpha value is -2.43. The van der Waals surface area contributed by atoms with Crippen LogP contribution in [0.2, 0.25) is 0 Å². The Kier molecular flexibility index (Phi) is 5.90. The first-order chi connectivity index (χ1) is 11.4. The van der Waals surface area contributed by atoms with Crippen LogP contribution in [0.3, 0.4) is 0 Å².